The van der Waals surface area contributed by atoms with Gasteiger partial charge in [-0.05, 0) is 67.3 Å². The van der Waals surface area contributed by atoms with Crippen LogP contribution < -0.4 is 14.8 Å². The average Bonchev–Trinajstić information content (AvgIpc) is 3.28. The predicted octanol–water partition coefficient (Wildman–Crippen LogP) is 7.03. The van der Waals surface area contributed by atoms with Gasteiger partial charge in [0.05, 0.1) is 20.5 Å². The van der Waals surface area contributed by atoms with Crippen LogP contribution in [0.1, 0.15) is 30.5 Å². The summed E-state index contributed by atoms with van der Waals surface area (Å²) in [6.45, 7) is 5.98. The van der Waals surface area contributed by atoms with Crippen molar-refractivity contribution in [2.75, 3.05) is 19.5 Å². The van der Waals surface area contributed by atoms with E-state index in [0.717, 1.165) is 56.7 Å². The van der Waals surface area contributed by atoms with Gasteiger partial charge >= 0.3 is 0 Å². The third-order valence-electron chi connectivity index (χ3n) is 6.03. The Morgan fingerprint density at radius 1 is 1.06 bits per heavy atom. The van der Waals surface area contributed by atoms with Crippen molar-refractivity contribution in [3.8, 4) is 22.6 Å². The van der Waals surface area contributed by atoms with E-state index in [-0.39, 0.29) is 5.91 Å². The van der Waals surface area contributed by atoms with Crippen molar-refractivity contribution < 1.29 is 18.7 Å². The summed E-state index contributed by atoms with van der Waals surface area (Å²) in [5.41, 5.74) is 7.21. The van der Waals surface area contributed by atoms with Gasteiger partial charge in [-0.2, -0.15) is 0 Å². The maximum absolute atomic E-state index is 12.7. The summed E-state index contributed by atoms with van der Waals surface area (Å²) in [7, 11) is 3.28. The Morgan fingerprint density at radius 3 is 2.50 bits per heavy atom. The van der Waals surface area contributed by atoms with E-state index >= 15 is 0 Å². The highest BCUT2D eigenvalue weighted by Gasteiger charge is 2.19. The van der Waals surface area contributed by atoms with Crippen LogP contribution in [0.2, 0.25) is 0 Å². The Bertz CT molecular complexity index is 1360. The fourth-order valence-corrected chi connectivity index (χ4v) is 4.16. The molecule has 0 saturated carbocycles. The summed E-state index contributed by atoms with van der Waals surface area (Å²) >= 11 is 0. The SMILES string of the molecule is CCc1ccc(NC(=O)/C=C(\C)c2cc3c(-c4cccc(OC)c4)coc3c(C)c2OC)cc1. The van der Waals surface area contributed by atoms with Crippen molar-refractivity contribution in [1.29, 1.82) is 0 Å². The van der Waals surface area contributed by atoms with E-state index in [1.165, 1.54) is 5.56 Å². The summed E-state index contributed by atoms with van der Waals surface area (Å²) in [6.07, 6.45) is 4.31. The number of methoxy groups -OCH3 is 2. The van der Waals surface area contributed by atoms with Crippen LogP contribution in [0.5, 0.6) is 11.5 Å². The number of anilines is 1. The zero-order valence-corrected chi connectivity index (χ0v) is 20.2. The average molecular weight is 456 g/mol. The number of nitrogens with one attached hydrogen (secondary N) is 1. The third kappa shape index (κ3) is 4.55. The van der Waals surface area contributed by atoms with Crippen molar-refractivity contribution in [3.05, 3.63) is 83.6 Å². The molecule has 174 valence electrons. The zero-order valence-electron chi connectivity index (χ0n) is 20.2. The largest absolute Gasteiger partial charge is 0.497 e. The first-order chi connectivity index (χ1) is 16.4. The molecule has 3 aromatic carbocycles. The molecule has 0 bridgehead atoms. The summed E-state index contributed by atoms with van der Waals surface area (Å²) in [5, 5.41) is 3.89. The number of benzene rings is 3. The van der Waals surface area contributed by atoms with Crippen molar-refractivity contribution in [1.82, 2.24) is 0 Å². The van der Waals surface area contributed by atoms with Gasteiger partial charge in [0.25, 0.3) is 0 Å². The van der Waals surface area contributed by atoms with Crippen LogP contribution in [0.15, 0.2) is 71.4 Å². The molecule has 0 aliphatic carbocycles. The minimum atomic E-state index is -0.193. The number of hydrogen-bond acceptors (Lipinski definition) is 4. The topological polar surface area (TPSA) is 60.7 Å². The van der Waals surface area contributed by atoms with Gasteiger partial charge in [0, 0.05) is 33.8 Å². The number of ether oxygens (including phenoxy) is 2. The van der Waals surface area contributed by atoms with Crippen molar-refractivity contribution in [3.63, 3.8) is 0 Å². The summed E-state index contributed by atoms with van der Waals surface area (Å²) in [5.74, 6) is 1.27. The number of amides is 1. The first-order valence-corrected chi connectivity index (χ1v) is 11.3. The molecular weight excluding hydrogens is 426 g/mol. The van der Waals surface area contributed by atoms with E-state index in [0.29, 0.717) is 5.75 Å². The van der Waals surface area contributed by atoms with Crippen LogP contribution in [0, 0.1) is 6.92 Å². The van der Waals surface area contributed by atoms with Crippen LogP contribution in [0.25, 0.3) is 27.7 Å². The van der Waals surface area contributed by atoms with Gasteiger partial charge in [0.1, 0.15) is 17.1 Å². The summed E-state index contributed by atoms with van der Waals surface area (Å²) in [4.78, 5) is 12.7. The molecule has 1 aromatic heterocycles. The van der Waals surface area contributed by atoms with Crippen LogP contribution in [0.4, 0.5) is 5.69 Å². The van der Waals surface area contributed by atoms with Gasteiger partial charge in [0.15, 0.2) is 0 Å². The lowest BCUT2D eigenvalue weighted by Gasteiger charge is -2.13. The second kappa shape index (κ2) is 9.87. The highest BCUT2D eigenvalue weighted by atomic mass is 16.5. The van der Waals surface area contributed by atoms with Crippen LogP contribution in [-0.4, -0.2) is 20.1 Å². The van der Waals surface area contributed by atoms with E-state index < -0.39 is 0 Å². The van der Waals surface area contributed by atoms with Gasteiger partial charge in [-0.3, -0.25) is 4.79 Å². The Kier molecular flexibility index (Phi) is 6.73. The normalized spacial score (nSPS) is 11.5. The second-order valence-corrected chi connectivity index (χ2v) is 8.21. The van der Waals surface area contributed by atoms with Gasteiger partial charge in [-0.25, -0.2) is 0 Å². The standard InChI is InChI=1S/C29H29NO4/c1-6-20-10-12-22(13-11-20)30-27(31)14-18(2)24-16-25-26(21-8-7-9-23(15-21)32-4)17-34-29(25)19(3)28(24)33-5/h7-17H,6H2,1-5H3,(H,30,31)/b18-14+. The van der Waals surface area contributed by atoms with E-state index in [1.54, 1.807) is 26.6 Å². The Morgan fingerprint density at radius 2 is 1.82 bits per heavy atom. The molecule has 1 N–H and O–H groups in total. The van der Waals surface area contributed by atoms with E-state index in [9.17, 15) is 4.79 Å². The predicted molar refractivity (Wildman–Crippen MR) is 138 cm³/mol. The molecule has 0 unspecified atom stereocenters. The molecule has 0 saturated heterocycles. The monoisotopic (exact) mass is 455 g/mol. The van der Waals surface area contributed by atoms with Gasteiger partial charge in [-0.1, -0.05) is 31.2 Å². The highest BCUT2D eigenvalue weighted by molar-refractivity contribution is 6.06. The number of aryl methyl sites for hydroxylation is 2. The lowest BCUT2D eigenvalue weighted by molar-refractivity contribution is -0.111. The van der Waals surface area contributed by atoms with Gasteiger partial charge in [0.2, 0.25) is 5.91 Å². The van der Waals surface area contributed by atoms with Crippen LogP contribution in [0.3, 0.4) is 0 Å². The molecule has 1 heterocycles. The summed E-state index contributed by atoms with van der Waals surface area (Å²) < 4.78 is 17.1. The van der Waals surface area contributed by atoms with Gasteiger partial charge in [-0.15, -0.1) is 0 Å². The molecule has 0 fully saturated rings. The number of furan rings is 1. The first-order valence-electron chi connectivity index (χ1n) is 11.3. The van der Waals surface area contributed by atoms with Crippen molar-refractivity contribution in [2.45, 2.75) is 27.2 Å². The fraction of sp³-hybridized carbons (Fsp3) is 0.207. The highest BCUT2D eigenvalue weighted by Crippen LogP contribution is 2.41. The molecule has 0 aliphatic rings. The van der Waals surface area contributed by atoms with Gasteiger partial charge < -0.3 is 19.2 Å². The maximum atomic E-state index is 12.7. The Hall–Kier alpha value is -3.99. The molecule has 1 amide bonds. The molecule has 0 atom stereocenters. The minimum Gasteiger partial charge on any atom is -0.497 e. The number of rotatable bonds is 7. The number of fused-ring (bicyclic) bond motifs is 1. The Balaban J connectivity index is 1.73. The summed E-state index contributed by atoms with van der Waals surface area (Å²) in [6, 6.07) is 17.8. The molecule has 34 heavy (non-hydrogen) atoms. The third-order valence-corrected chi connectivity index (χ3v) is 6.03. The van der Waals surface area contributed by atoms with Crippen molar-refractivity contribution in [2.24, 2.45) is 0 Å². The zero-order chi connectivity index (χ0) is 24.2. The van der Waals surface area contributed by atoms with E-state index in [1.807, 2.05) is 68.4 Å². The van der Waals surface area contributed by atoms with Crippen LogP contribution in [-0.2, 0) is 11.2 Å². The minimum absolute atomic E-state index is 0.193. The lowest BCUT2D eigenvalue weighted by atomic mass is 9.96. The fourth-order valence-electron chi connectivity index (χ4n) is 4.16. The number of carbonyl (C=O) groups is 1. The number of carbonyl (C=O) groups excluding carboxylic acids is 1. The van der Waals surface area contributed by atoms with E-state index in [4.69, 9.17) is 13.9 Å². The smallest absolute Gasteiger partial charge is 0.248 e. The number of hydrogen-bond donors (Lipinski definition) is 1. The molecular formula is C29H29NO4. The molecule has 4 rings (SSSR count). The molecule has 0 radical (unpaired) electrons. The molecule has 0 spiro atoms. The number of allylic oxidation sites excluding steroid dienone is 1. The molecule has 0 aliphatic heterocycles. The molecule has 5 nitrogen and oxygen atoms in total. The first kappa shape index (κ1) is 23.2. The molecule has 5 heteroatoms. The van der Waals surface area contributed by atoms with Crippen LogP contribution >= 0.6 is 0 Å². The molecule has 4 aromatic rings. The second-order valence-electron chi connectivity index (χ2n) is 8.21. The Labute approximate surface area is 200 Å². The van der Waals surface area contributed by atoms with Crippen molar-refractivity contribution >= 4 is 28.1 Å². The lowest BCUT2D eigenvalue weighted by Crippen LogP contribution is -2.08. The quantitative estimate of drug-likeness (QED) is 0.304. The maximum Gasteiger partial charge on any atom is 0.248 e. The van der Waals surface area contributed by atoms with E-state index in [2.05, 4.69) is 12.2 Å².